The molecule has 0 fully saturated rings. The summed E-state index contributed by atoms with van der Waals surface area (Å²) in [6, 6.07) is 0. The standard InChI is InChI=1S/C10H16N4O4/c1-10(2,3)18-9(17)14(12-8(15)16)7-5-11-13(4)6-7/h5-6,12H,1-4H3,(H,15,16). The third-order valence-electron chi connectivity index (χ3n) is 1.73. The number of rotatable bonds is 1. The van der Waals surface area contributed by atoms with Gasteiger partial charge in [0, 0.05) is 7.05 Å². The number of carbonyl (C=O) groups excluding carboxylic acids is 1. The third-order valence-corrected chi connectivity index (χ3v) is 1.73. The fourth-order valence-corrected chi connectivity index (χ4v) is 1.14. The number of nitrogens with zero attached hydrogens (tertiary/aromatic N) is 3. The van der Waals surface area contributed by atoms with Crippen molar-refractivity contribution in [2.45, 2.75) is 26.4 Å². The van der Waals surface area contributed by atoms with Crippen LogP contribution in [-0.2, 0) is 11.8 Å². The van der Waals surface area contributed by atoms with E-state index in [1.165, 1.54) is 17.1 Å². The summed E-state index contributed by atoms with van der Waals surface area (Å²) in [6.45, 7) is 5.06. The Morgan fingerprint density at radius 1 is 1.50 bits per heavy atom. The van der Waals surface area contributed by atoms with E-state index in [1.807, 2.05) is 5.43 Å². The van der Waals surface area contributed by atoms with Crippen molar-refractivity contribution >= 4 is 17.9 Å². The first-order valence-electron chi connectivity index (χ1n) is 5.20. The number of hydrogen-bond donors (Lipinski definition) is 2. The number of anilines is 1. The van der Waals surface area contributed by atoms with Gasteiger partial charge in [-0.15, -0.1) is 0 Å². The van der Waals surface area contributed by atoms with E-state index in [-0.39, 0.29) is 5.69 Å². The van der Waals surface area contributed by atoms with Gasteiger partial charge in [-0.25, -0.2) is 15.0 Å². The topological polar surface area (TPSA) is 96.7 Å². The summed E-state index contributed by atoms with van der Waals surface area (Å²) < 4.78 is 6.53. The van der Waals surface area contributed by atoms with E-state index in [0.717, 1.165) is 5.01 Å². The molecule has 0 aliphatic rings. The quantitative estimate of drug-likeness (QED) is 0.739. The monoisotopic (exact) mass is 256 g/mol. The van der Waals surface area contributed by atoms with Gasteiger partial charge in [-0.2, -0.15) is 10.1 Å². The molecule has 0 saturated carbocycles. The molecule has 2 N–H and O–H groups in total. The maximum absolute atomic E-state index is 11.8. The van der Waals surface area contributed by atoms with Gasteiger partial charge in [-0.05, 0) is 20.8 Å². The average Bonchev–Trinajstić information content (AvgIpc) is 2.57. The zero-order valence-electron chi connectivity index (χ0n) is 10.7. The van der Waals surface area contributed by atoms with Crippen LogP contribution in [0.15, 0.2) is 12.4 Å². The summed E-state index contributed by atoms with van der Waals surface area (Å²) in [7, 11) is 1.65. The number of aromatic nitrogens is 2. The number of ether oxygens (including phenoxy) is 1. The van der Waals surface area contributed by atoms with Crippen LogP contribution >= 0.6 is 0 Å². The van der Waals surface area contributed by atoms with Crippen LogP contribution in [0.5, 0.6) is 0 Å². The minimum Gasteiger partial charge on any atom is -0.464 e. The minimum atomic E-state index is -1.37. The Morgan fingerprint density at radius 3 is 2.50 bits per heavy atom. The molecule has 1 heterocycles. The molecule has 1 aromatic heterocycles. The molecular weight excluding hydrogens is 240 g/mol. The average molecular weight is 256 g/mol. The zero-order valence-corrected chi connectivity index (χ0v) is 10.7. The van der Waals surface area contributed by atoms with Crippen LogP contribution in [-0.4, -0.2) is 32.7 Å². The second-order valence-electron chi connectivity index (χ2n) is 4.60. The first kappa shape index (κ1) is 13.8. The lowest BCUT2D eigenvalue weighted by atomic mass is 10.2. The summed E-state index contributed by atoms with van der Waals surface area (Å²) in [4.78, 5) is 22.5. The van der Waals surface area contributed by atoms with E-state index in [1.54, 1.807) is 27.8 Å². The van der Waals surface area contributed by atoms with Gasteiger partial charge >= 0.3 is 12.2 Å². The highest BCUT2D eigenvalue weighted by Gasteiger charge is 2.25. The largest absolute Gasteiger partial charge is 0.464 e. The molecule has 0 spiro atoms. The van der Waals surface area contributed by atoms with Crippen LogP contribution in [0, 0.1) is 0 Å². The highest BCUT2D eigenvalue weighted by Crippen LogP contribution is 2.15. The molecule has 0 aromatic carbocycles. The number of carbonyl (C=O) groups is 2. The Labute approximate surface area is 104 Å². The lowest BCUT2D eigenvalue weighted by molar-refractivity contribution is 0.0559. The zero-order chi connectivity index (χ0) is 13.9. The maximum Gasteiger partial charge on any atom is 0.434 e. The molecule has 0 aliphatic carbocycles. The molecule has 0 radical (unpaired) electrons. The van der Waals surface area contributed by atoms with Crippen molar-refractivity contribution in [1.82, 2.24) is 15.2 Å². The highest BCUT2D eigenvalue weighted by molar-refractivity contribution is 5.90. The Morgan fingerprint density at radius 2 is 2.11 bits per heavy atom. The van der Waals surface area contributed by atoms with E-state index in [4.69, 9.17) is 9.84 Å². The SMILES string of the molecule is Cn1cc(N(NC(=O)O)C(=O)OC(C)(C)C)cn1. The van der Waals surface area contributed by atoms with E-state index in [2.05, 4.69) is 5.10 Å². The van der Waals surface area contributed by atoms with E-state index < -0.39 is 17.8 Å². The van der Waals surface area contributed by atoms with Crippen LogP contribution in [0.4, 0.5) is 15.3 Å². The molecule has 0 aliphatic heterocycles. The van der Waals surface area contributed by atoms with Gasteiger partial charge in [0.05, 0.1) is 12.4 Å². The predicted octanol–water partition coefficient (Wildman–Crippen LogP) is 1.34. The number of aryl methyl sites for hydroxylation is 1. The number of hydrazine groups is 1. The summed E-state index contributed by atoms with van der Waals surface area (Å²) in [5.74, 6) is 0. The van der Waals surface area contributed by atoms with Gasteiger partial charge < -0.3 is 9.84 Å². The van der Waals surface area contributed by atoms with Gasteiger partial charge in [-0.3, -0.25) is 4.68 Å². The second kappa shape index (κ2) is 4.94. The summed E-state index contributed by atoms with van der Waals surface area (Å²) in [6.07, 6.45) is 0.641. The molecule has 100 valence electrons. The second-order valence-corrected chi connectivity index (χ2v) is 4.60. The molecule has 0 saturated heterocycles. The van der Waals surface area contributed by atoms with Crippen molar-refractivity contribution in [2.24, 2.45) is 7.05 Å². The molecule has 1 rings (SSSR count). The van der Waals surface area contributed by atoms with Gasteiger partial charge in [0.1, 0.15) is 11.3 Å². The number of amides is 2. The Kier molecular flexibility index (Phi) is 3.79. The first-order valence-corrected chi connectivity index (χ1v) is 5.20. The molecule has 0 bridgehead atoms. The van der Waals surface area contributed by atoms with Crippen LogP contribution in [0.3, 0.4) is 0 Å². The smallest absolute Gasteiger partial charge is 0.434 e. The van der Waals surface area contributed by atoms with Gasteiger partial charge in [0.2, 0.25) is 0 Å². The van der Waals surface area contributed by atoms with Crippen LogP contribution < -0.4 is 10.4 Å². The van der Waals surface area contributed by atoms with Gasteiger partial charge in [0.15, 0.2) is 0 Å². The number of nitrogens with one attached hydrogen (secondary N) is 1. The highest BCUT2D eigenvalue weighted by atomic mass is 16.6. The maximum atomic E-state index is 11.8. The fraction of sp³-hybridized carbons (Fsp3) is 0.500. The molecule has 8 nitrogen and oxygen atoms in total. The van der Waals surface area contributed by atoms with Crippen molar-refractivity contribution < 1.29 is 19.4 Å². The Bertz CT molecular complexity index is 449. The normalized spacial score (nSPS) is 10.9. The Hall–Kier alpha value is -2.25. The lowest BCUT2D eigenvalue weighted by Gasteiger charge is -2.25. The van der Waals surface area contributed by atoms with Crippen LogP contribution in [0.2, 0.25) is 0 Å². The summed E-state index contributed by atoms with van der Waals surface area (Å²) in [5, 5.41) is 13.3. The molecule has 1 aromatic rings. The molecule has 0 unspecified atom stereocenters. The molecule has 2 amide bonds. The van der Waals surface area contributed by atoms with Crippen LogP contribution in [0.25, 0.3) is 0 Å². The van der Waals surface area contributed by atoms with E-state index in [9.17, 15) is 9.59 Å². The third kappa shape index (κ3) is 3.96. The molecule has 18 heavy (non-hydrogen) atoms. The number of hydrogen-bond acceptors (Lipinski definition) is 4. The predicted molar refractivity (Wildman–Crippen MR) is 63.1 cm³/mol. The lowest BCUT2D eigenvalue weighted by Crippen LogP contribution is -2.48. The summed E-state index contributed by atoms with van der Waals surface area (Å²) in [5.41, 5.74) is 1.50. The minimum absolute atomic E-state index is 0.272. The molecule has 8 heteroatoms. The van der Waals surface area contributed by atoms with Crippen molar-refractivity contribution in [3.05, 3.63) is 12.4 Å². The van der Waals surface area contributed by atoms with Gasteiger partial charge in [0.25, 0.3) is 0 Å². The van der Waals surface area contributed by atoms with Crippen molar-refractivity contribution in [3.8, 4) is 0 Å². The van der Waals surface area contributed by atoms with E-state index in [0.29, 0.717) is 0 Å². The fourth-order valence-electron chi connectivity index (χ4n) is 1.14. The molecule has 0 atom stereocenters. The first-order chi connectivity index (χ1) is 8.19. The van der Waals surface area contributed by atoms with Crippen LogP contribution in [0.1, 0.15) is 20.8 Å². The van der Waals surface area contributed by atoms with E-state index >= 15 is 0 Å². The van der Waals surface area contributed by atoms with Gasteiger partial charge in [-0.1, -0.05) is 0 Å². The molecular formula is C10H16N4O4. The van der Waals surface area contributed by atoms with Crippen molar-refractivity contribution in [2.75, 3.05) is 5.01 Å². The number of carboxylic acid groups (broad SMARTS) is 1. The van der Waals surface area contributed by atoms with Crippen molar-refractivity contribution in [3.63, 3.8) is 0 Å². The summed E-state index contributed by atoms with van der Waals surface area (Å²) >= 11 is 0. The van der Waals surface area contributed by atoms with Crippen molar-refractivity contribution in [1.29, 1.82) is 0 Å². The Balaban J connectivity index is 2.91.